The van der Waals surface area contributed by atoms with Crippen molar-refractivity contribution in [2.45, 2.75) is 132 Å². The van der Waals surface area contributed by atoms with Gasteiger partial charge < -0.3 is 69.0 Å². The van der Waals surface area contributed by atoms with Crippen LogP contribution >= 0.6 is 21.6 Å². The topological polar surface area (TPSA) is 332 Å². The number of nitrogens with two attached hydrogens (primary N) is 2. The molecule has 0 spiro atoms. The van der Waals surface area contributed by atoms with Gasteiger partial charge in [-0.1, -0.05) is 113 Å². The van der Waals surface area contributed by atoms with E-state index in [0.717, 1.165) is 38.1 Å². The summed E-state index contributed by atoms with van der Waals surface area (Å²) in [5.74, 6) is -5.98. The quantitative estimate of drug-likeness (QED) is 0.0460. The first-order valence-corrected chi connectivity index (χ1v) is 26.9. The van der Waals surface area contributed by atoms with Crippen LogP contribution in [-0.2, 0) is 52.8 Å². The Balaban J connectivity index is 1.57. The minimum atomic E-state index is -1.66. The summed E-state index contributed by atoms with van der Waals surface area (Å²) in [6.45, 7) is 4.37. The molecule has 1 aromatic heterocycles. The molecule has 0 radical (unpaired) electrons. The number of aliphatic hydroxyl groups excluding tert-OH is 3. The Labute approximate surface area is 432 Å². The van der Waals surface area contributed by atoms with Crippen molar-refractivity contribution in [3.8, 4) is 0 Å². The van der Waals surface area contributed by atoms with E-state index in [9.17, 15) is 48.9 Å². The normalized spacial score (nSPS) is 23.0. The minimum absolute atomic E-state index is 0.0424. The second-order valence-electron chi connectivity index (χ2n) is 18.3. The minimum Gasteiger partial charge on any atom is -0.391 e. The van der Waals surface area contributed by atoms with Crippen molar-refractivity contribution < 1.29 is 48.9 Å². The molecule has 0 bridgehead atoms. The summed E-state index contributed by atoms with van der Waals surface area (Å²) in [6, 6.07) is 14.6. The van der Waals surface area contributed by atoms with Gasteiger partial charge in [0.05, 0.1) is 30.4 Å². The van der Waals surface area contributed by atoms with Crippen LogP contribution in [0.4, 0.5) is 0 Å². The van der Waals surface area contributed by atoms with E-state index in [1.807, 2.05) is 42.5 Å². The molecule has 7 amide bonds. The molecule has 1 saturated heterocycles. The van der Waals surface area contributed by atoms with Crippen LogP contribution in [0.2, 0.25) is 0 Å². The third-order valence-corrected chi connectivity index (χ3v) is 14.8. The third kappa shape index (κ3) is 17.9. The number of aliphatic hydroxyl groups is 3. The molecule has 0 saturated carbocycles. The first-order valence-electron chi connectivity index (χ1n) is 24.4. The number of carbonyl (C=O) groups excluding carboxylic acids is 7. The lowest BCUT2D eigenvalue weighted by Gasteiger charge is -2.30. The zero-order chi connectivity index (χ0) is 53.0. The van der Waals surface area contributed by atoms with Crippen molar-refractivity contribution in [2.24, 2.45) is 11.5 Å². The summed E-state index contributed by atoms with van der Waals surface area (Å²) in [5, 5.41) is 51.4. The van der Waals surface area contributed by atoms with Gasteiger partial charge in [-0.15, -0.1) is 0 Å². The monoisotopic (exact) mass is 1050 g/mol. The second kappa shape index (κ2) is 29.0. The van der Waals surface area contributed by atoms with Crippen LogP contribution in [-0.4, -0.2) is 146 Å². The molecule has 1 aliphatic rings. The maximum Gasteiger partial charge on any atom is 0.245 e. The number of H-pyrrole nitrogens is 1. The van der Waals surface area contributed by atoms with Crippen LogP contribution in [0, 0.1) is 0 Å². The molecule has 2 heterocycles. The van der Waals surface area contributed by atoms with Crippen LogP contribution in [0.25, 0.3) is 10.9 Å². The fraction of sp³-hybridized carbons (Fsp3) is 0.471. The number of amides is 7. The van der Waals surface area contributed by atoms with Gasteiger partial charge in [-0.3, -0.25) is 33.6 Å². The van der Waals surface area contributed by atoms with Gasteiger partial charge >= 0.3 is 0 Å². The average molecular weight is 1050 g/mol. The predicted molar refractivity (Wildman–Crippen MR) is 281 cm³/mol. The van der Waals surface area contributed by atoms with Crippen molar-refractivity contribution in [1.82, 2.24) is 42.2 Å². The fourth-order valence-electron chi connectivity index (χ4n) is 8.21. The van der Waals surface area contributed by atoms with Gasteiger partial charge in [0, 0.05) is 41.4 Å². The first-order chi connectivity index (χ1) is 34.9. The van der Waals surface area contributed by atoms with E-state index in [0.29, 0.717) is 36.9 Å². The maximum atomic E-state index is 14.8. The Morgan fingerprint density at radius 1 is 0.671 bits per heavy atom. The van der Waals surface area contributed by atoms with Crippen molar-refractivity contribution in [1.29, 1.82) is 0 Å². The second-order valence-corrected chi connectivity index (χ2v) is 20.9. The number of fused-ring (bicyclic) bond motifs is 1. The number of nitrogens with one attached hydrogen (secondary N) is 8. The van der Waals surface area contributed by atoms with E-state index in [1.54, 1.807) is 48.7 Å². The number of unbranched alkanes of at least 4 members (excludes halogenated alkanes) is 2. The Morgan fingerprint density at radius 3 is 1.89 bits per heavy atom. The van der Waals surface area contributed by atoms with Crippen LogP contribution < -0.4 is 48.7 Å². The van der Waals surface area contributed by atoms with Gasteiger partial charge in [-0.25, -0.2) is 0 Å². The highest BCUT2D eigenvalue weighted by atomic mass is 33.1. The van der Waals surface area contributed by atoms with Crippen LogP contribution in [0.3, 0.4) is 0 Å². The summed E-state index contributed by atoms with van der Waals surface area (Å²) in [5.41, 5.74) is 15.0. The van der Waals surface area contributed by atoms with Crippen molar-refractivity contribution >= 4 is 73.8 Å². The molecule has 4 aromatic rings. The summed E-state index contributed by atoms with van der Waals surface area (Å²) in [4.78, 5) is 103. The summed E-state index contributed by atoms with van der Waals surface area (Å²) in [7, 11) is 2.07. The van der Waals surface area contributed by atoms with Gasteiger partial charge in [0.25, 0.3) is 0 Å². The van der Waals surface area contributed by atoms with Crippen molar-refractivity contribution in [3.63, 3.8) is 0 Å². The largest absolute Gasteiger partial charge is 0.391 e. The Hall–Kier alpha value is -6.01. The van der Waals surface area contributed by atoms with E-state index in [2.05, 4.69) is 42.2 Å². The summed E-state index contributed by atoms with van der Waals surface area (Å²) >= 11 is 0. The van der Waals surface area contributed by atoms with E-state index < -0.39 is 108 Å². The van der Waals surface area contributed by atoms with Crippen LogP contribution in [0.1, 0.15) is 63.1 Å². The molecular formula is C51H70N10O10S2. The third-order valence-electron chi connectivity index (χ3n) is 12.3. The molecule has 3 aromatic carbocycles. The lowest BCUT2D eigenvalue weighted by molar-refractivity contribution is -0.136. The number of para-hydroxylation sites is 1. The average Bonchev–Trinajstić information content (AvgIpc) is 3.77. The van der Waals surface area contributed by atoms with Crippen molar-refractivity contribution in [2.75, 3.05) is 18.1 Å². The lowest BCUT2D eigenvalue weighted by Crippen LogP contribution is -2.62. The van der Waals surface area contributed by atoms with Crippen molar-refractivity contribution in [3.05, 3.63) is 108 Å². The molecule has 0 aliphatic carbocycles. The number of aromatic nitrogens is 1. The van der Waals surface area contributed by atoms with Gasteiger partial charge in [-0.05, 0) is 69.3 Å². The van der Waals surface area contributed by atoms with Gasteiger partial charge in [-0.2, -0.15) is 0 Å². The van der Waals surface area contributed by atoms with Gasteiger partial charge in [0.2, 0.25) is 41.4 Å². The molecule has 15 N–H and O–H groups in total. The molecule has 73 heavy (non-hydrogen) atoms. The number of benzene rings is 3. The lowest BCUT2D eigenvalue weighted by atomic mass is 10.0. The van der Waals surface area contributed by atoms with E-state index in [1.165, 1.54) is 20.8 Å². The summed E-state index contributed by atoms with van der Waals surface area (Å²) < 4.78 is 0. The standard InChI is InChI=1S/C51H70N10O10S2/c1-29(62)43(30(2)63)60-50(70)42-28-73-72-27-41(58-45(65)36(53)23-32-15-7-4-8-16-32)49(69)56-39(24-33-17-9-5-10-18-33)47(67)57-40(25-34-26-54-37-20-13-12-19-35(34)37)48(68)55-38(21-11-6-14-22-52)46(66)61-44(31(3)64)51(71)59-42/h4-5,7-10,12-13,15-20,26,29-31,36,38-44,54,62-64H,6,11,14,21-25,27-28,52-53H2,1-3H3,(H,55,68)(H,56,69)(H,57,67)(H,58,65)(H,59,71)(H,60,70)(H,61,66)/t29-,30?,31-,36-,38+,39+,40-,41+,42+,43?,44+/m1/s1. The van der Waals surface area contributed by atoms with E-state index in [-0.39, 0.29) is 37.2 Å². The van der Waals surface area contributed by atoms with E-state index >= 15 is 0 Å². The Kier molecular flexibility index (Phi) is 23.0. The molecule has 396 valence electrons. The summed E-state index contributed by atoms with van der Waals surface area (Å²) in [6.07, 6.45) is -0.573. The number of aromatic amines is 1. The maximum absolute atomic E-state index is 14.8. The highest BCUT2D eigenvalue weighted by Gasteiger charge is 2.37. The number of rotatable bonds is 18. The zero-order valence-electron chi connectivity index (χ0n) is 41.3. The number of carbonyl (C=O) groups is 7. The fourth-order valence-corrected chi connectivity index (χ4v) is 10.5. The van der Waals surface area contributed by atoms with Crippen LogP contribution in [0.15, 0.2) is 91.1 Å². The Morgan fingerprint density at radius 2 is 1.25 bits per heavy atom. The molecule has 1 aliphatic heterocycles. The van der Waals surface area contributed by atoms with E-state index in [4.69, 9.17) is 11.5 Å². The molecular weight excluding hydrogens is 977 g/mol. The van der Waals surface area contributed by atoms with Crippen LogP contribution in [0.5, 0.6) is 0 Å². The molecule has 20 nitrogen and oxygen atoms in total. The molecule has 2 unspecified atom stereocenters. The molecule has 5 rings (SSSR count). The number of hydrogen-bond acceptors (Lipinski definition) is 14. The highest BCUT2D eigenvalue weighted by Crippen LogP contribution is 2.24. The molecule has 1 fully saturated rings. The highest BCUT2D eigenvalue weighted by molar-refractivity contribution is 8.76. The smallest absolute Gasteiger partial charge is 0.245 e. The predicted octanol–water partition coefficient (Wildman–Crippen LogP) is -0.0268. The molecule has 22 heteroatoms. The van der Waals surface area contributed by atoms with Gasteiger partial charge in [0.15, 0.2) is 0 Å². The molecule has 11 atom stereocenters. The zero-order valence-corrected chi connectivity index (χ0v) is 42.9. The number of hydrogen-bond donors (Lipinski definition) is 13. The first kappa shape index (κ1) is 57.9. The van der Waals surface area contributed by atoms with Gasteiger partial charge in [0.1, 0.15) is 36.3 Å². The Bertz CT molecular complexity index is 2440. The SMILES string of the molecule is CC(O)C(NC(=O)[C@@H]1CSSC[C@H](NC(=O)[C@H](N)Cc2ccccc2)C(=O)N[C@@H](Cc2ccccc2)C(=O)N[C@H](Cc2c[nH]c3ccccc23)C(=O)N[C@@H](CCCCCN)C(=O)N[C@@H]([C@@H](C)O)C(=O)N1)[C@@H](C)O.